The van der Waals surface area contributed by atoms with E-state index in [1.54, 1.807) is 11.3 Å². The number of pyridine rings is 1. The van der Waals surface area contributed by atoms with E-state index in [0.29, 0.717) is 11.1 Å². The number of ether oxygens (including phenoxy) is 1. The number of hydrogen-bond acceptors (Lipinski definition) is 5. The number of hydrogen-bond donors (Lipinski definition) is 0. The minimum absolute atomic E-state index is 0.194. The third-order valence-corrected chi connectivity index (χ3v) is 7.46. The van der Waals surface area contributed by atoms with Crippen molar-refractivity contribution in [1.82, 2.24) is 9.55 Å². The molecule has 1 aliphatic carbocycles. The van der Waals surface area contributed by atoms with E-state index >= 15 is 0 Å². The van der Waals surface area contributed by atoms with Gasteiger partial charge in [0.1, 0.15) is 0 Å². The fourth-order valence-electron chi connectivity index (χ4n) is 4.67. The zero-order valence-corrected chi connectivity index (χ0v) is 20.4. The number of aromatic nitrogens is 2. The molecular formula is C28H26N2O3S. The molecule has 0 aliphatic heterocycles. The molecule has 0 amide bonds. The molecule has 6 heteroatoms. The number of thiophene rings is 1. The average Bonchev–Trinajstić information content (AvgIpc) is 3.45. The van der Waals surface area contributed by atoms with Gasteiger partial charge in [0.25, 0.3) is 0 Å². The van der Waals surface area contributed by atoms with Crippen LogP contribution in [0.4, 0.5) is 0 Å². The van der Waals surface area contributed by atoms with Crippen LogP contribution in [-0.4, -0.2) is 27.9 Å². The highest BCUT2D eigenvalue weighted by Gasteiger charge is 2.27. The second-order valence-corrected chi connectivity index (χ2v) is 9.69. The molecule has 4 aromatic rings. The van der Waals surface area contributed by atoms with Gasteiger partial charge in [-0.25, -0.2) is 9.78 Å². The van der Waals surface area contributed by atoms with Gasteiger partial charge in [-0.3, -0.25) is 4.79 Å². The van der Waals surface area contributed by atoms with E-state index in [0.717, 1.165) is 58.4 Å². The number of allylic oxidation sites excluding steroid dienone is 1. The predicted octanol–water partition coefficient (Wildman–Crippen LogP) is 6.17. The fraction of sp³-hybridized carbons (Fsp3) is 0.250. The summed E-state index contributed by atoms with van der Waals surface area (Å²) in [7, 11) is 1.92. The molecule has 172 valence electrons. The molecule has 5 rings (SSSR count). The first kappa shape index (κ1) is 22.3. The van der Waals surface area contributed by atoms with Crippen LogP contribution in [0.25, 0.3) is 22.6 Å². The number of ketones is 1. The van der Waals surface area contributed by atoms with Gasteiger partial charge in [-0.1, -0.05) is 24.3 Å². The molecule has 0 saturated heterocycles. The van der Waals surface area contributed by atoms with Crippen molar-refractivity contribution in [2.75, 3.05) is 6.61 Å². The summed E-state index contributed by atoms with van der Waals surface area (Å²) < 4.78 is 7.58. The molecule has 0 saturated carbocycles. The number of benzene rings is 1. The monoisotopic (exact) mass is 470 g/mol. The molecule has 0 radical (unpaired) electrons. The Morgan fingerprint density at radius 3 is 2.71 bits per heavy atom. The average molecular weight is 471 g/mol. The molecule has 0 N–H and O–H groups in total. The maximum atomic E-state index is 13.4. The number of carbonyl (C=O) groups is 2. The summed E-state index contributed by atoms with van der Waals surface area (Å²) >= 11 is 1.68. The Bertz CT molecular complexity index is 1440. The molecule has 0 spiro atoms. The third-order valence-electron chi connectivity index (χ3n) is 6.64. The number of Topliss-reactive ketones (excluding diaryl/α,β-unsaturated/α-hetero) is 1. The van der Waals surface area contributed by atoms with Crippen molar-refractivity contribution in [3.63, 3.8) is 0 Å². The number of rotatable bonds is 5. The molecule has 0 bridgehead atoms. The smallest absolute Gasteiger partial charge is 0.339 e. The molecule has 1 aliphatic rings. The van der Waals surface area contributed by atoms with Gasteiger partial charge >= 0.3 is 5.97 Å². The van der Waals surface area contributed by atoms with Gasteiger partial charge in [-0.2, -0.15) is 0 Å². The van der Waals surface area contributed by atoms with Crippen LogP contribution in [-0.2, 0) is 18.2 Å². The van der Waals surface area contributed by atoms with Crippen molar-refractivity contribution >= 4 is 45.6 Å². The van der Waals surface area contributed by atoms with Crippen molar-refractivity contribution in [3.05, 3.63) is 86.5 Å². The first-order valence-corrected chi connectivity index (χ1v) is 12.3. The summed E-state index contributed by atoms with van der Waals surface area (Å²) in [4.78, 5) is 32.4. The molecular weight excluding hydrogens is 444 g/mol. The maximum Gasteiger partial charge on any atom is 0.339 e. The summed E-state index contributed by atoms with van der Waals surface area (Å²) in [6.45, 7) is 3.56. The molecule has 3 aromatic heterocycles. The number of fused-ring (bicyclic) bond motifs is 2. The van der Waals surface area contributed by atoms with Gasteiger partial charge in [0.15, 0.2) is 6.61 Å². The van der Waals surface area contributed by atoms with E-state index in [2.05, 4.69) is 17.5 Å². The van der Waals surface area contributed by atoms with Crippen LogP contribution in [0.1, 0.15) is 61.1 Å². The van der Waals surface area contributed by atoms with Gasteiger partial charge in [0, 0.05) is 34.3 Å². The molecule has 5 nitrogen and oxygen atoms in total. The lowest BCUT2D eigenvalue weighted by atomic mass is 9.86. The predicted molar refractivity (Wildman–Crippen MR) is 136 cm³/mol. The highest BCUT2D eigenvalue weighted by Crippen LogP contribution is 2.36. The summed E-state index contributed by atoms with van der Waals surface area (Å²) in [6, 6.07) is 13.6. The van der Waals surface area contributed by atoms with Crippen LogP contribution >= 0.6 is 11.3 Å². The number of carbonyl (C=O) groups excluding carboxylic acids is 2. The lowest BCUT2D eigenvalue weighted by Crippen LogP contribution is -2.19. The second kappa shape index (κ2) is 9.03. The van der Waals surface area contributed by atoms with Crippen molar-refractivity contribution in [1.29, 1.82) is 0 Å². The van der Waals surface area contributed by atoms with Gasteiger partial charge in [0.2, 0.25) is 5.78 Å². The number of esters is 1. The topological polar surface area (TPSA) is 61.2 Å². The Morgan fingerprint density at radius 1 is 1.15 bits per heavy atom. The molecule has 0 fully saturated rings. The lowest BCUT2D eigenvalue weighted by Gasteiger charge is -2.22. The first-order chi connectivity index (χ1) is 16.4. The minimum atomic E-state index is -0.467. The second-order valence-electron chi connectivity index (χ2n) is 8.71. The Kier molecular flexibility index (Phi) is 5.92. The van der Waals surface area contributed by atoms with E-state index < -0.39 is 5.97 Å². The molecule has 0 unspecified atom stereocenters. The Labute approximate surface area is 202 Å². The molecule has 1 aromatic carbocycles. The van der Waals surface area contributed by atoms with Crippen molar-refractivity contribution in [2.24, 2.45) is 7.05 Å². The summed E-state index contributed by atoms with van der Waals surface area (Å²) in [5.74, 6) is -0.661. The summed E-state index contributed by atoms with van der Waals surface area (Å²) in [5.41, 5.74) is 6.66. The summed E-state index contributed by atoms with van der Waals surface area (Å²) in [5, 5.41) is 2.82. The van der Waals surface area contributed by atoms with E-state index in [9.17, 15) is 9.59 Å². The number of para-hydroxylation sites is 1. The van der Waals surface area contributed by atoms with Gasteiger partial charge < -0.3 is 9.30 Å². The Balaban J connectivity index is 1.52. The van der Waals surface area contributed by atoms with Crippen molar-refractivity contribution in [3.8, 4) is 0 Å². The fourth-order valence-corrected chi connectivity index (χ4v) is 5.35. The van der Waals surface area contributed by atoms with E-state index in [4.69, 9.17) is 9.72 Å². The highest BCUT2D eigenvalue weighted by molar-refractivity contribution is 7.10. The SMILES string of the molecule is Cc1cc(C(=O)COC(=O)c2c3c(nc4ccccc24)C(=Cc2cccs2)CCC3)c(C)n1C. The van der Waals surface area contributed by atoms with Crippen LogP contribution in [0.15, 0.2) is 47.8 Å². The molecule has 3 heterocycles. The van der Waals surface area contributed by atoms with Crippen LogP contribution in [0.5, 0.6) is 0 Å². The van der Waals surface area contributed by atoms with Crippen LogP contribution in [0.2, 0.25) is 0 Å². The Morgan fingerprint density at radius 2 is 1.97 bits per heavy atom. The maximum absolute atomic E-state index is 13.4. The van der Waals surface area contributed by atoms with Crippen LogP contribution in [0.3, 0.4) is 0 Å². The normalized spacial score (nSPS) is 14.4. The van der Waals surface area contributed by atoms with Gasteiger partial charge in [-0.05, 0) is 73.9 Å². The Hall–Kier alpha value is -3.51. The highest BCUT2D eigenvalue weighted by atomic mass is 32.1. The number of nitrogens with zero attached hydrogens (tertiary/aromatic N) is 2. The quantitative estimate of drug-likeness (QED) is 0.259. The van der Waals surface area contributed by atoms with Crippen molar-refractivity contribution in [2.45, 2.75) is 33.1 Å². The molecule has 34 heavy (non-hydrogen) atoms. The van der Waals surface area contributed by atoms with Crippen LogP contribution in [0, 0.1) is 13.8 Å². The zero-order valence-electron chi connectivity index (χ0n) is 19.6. The van der Waals surface area contributed by atoms with Crippen LogP contribution < -0.4 is 0 Å². The number of aryl methyl sites for hydroxylation is 1. The lowest BCUT2D eigenvalue weighted by molar-refractivity contribution is 0.0475. The third kappa shape index (κ3) is 3.99. The van der Waals surface area contributed by atoms with E-state index in [-0.39, 0.29) is 12.4 Å². The minimum Gasteiger partial charge on any atom is -0.454 e. The van der Waals surface area contributed by atoms with E-state index in [1.165, 1.54) is 4.88 Å². The first-order valence-electron chi connectivity index (χ1n) is 11.4. The van der Waals surface area contributed by atoms with Gasteiger partial charge in [0.05, 0.1) is 16.8 Å². The molecule has 0 atom stereocenters. The largest absolute Gasteiger partial charge is 0.454 e. The van der Waals surface area contributed by atoms with Gasteiger partial charge in [-0.15, -0.1) is 11.3 Å². The summed E-state index contributed by atoms with van der Waals surface area (Å²) in [6.07, 6.45) is 4.77. The standard InChI is InChI=1S/C28H26N2O3S/c1-17-14-23(18(2)30(17)3)25(31)16-33-28(32)26-21-10-4-5-12-24(21)29-27-19(8-6-11-22(26)27)15-20-9-7-13-34-20/h4-5,7,9-10,12-15H,6,8,11,16H2,1-3H3. The van der Waals surface area contributed by atoms with E-state index in [1.807, 2.05) is 61.9 Å². The van der Waals surface area contributed by atoms with Crippen molar-refractivity contribution < 1.29 is 14.3 Å². The zero-order chi connectivity index (χ0) is 23.8.